The average Bonchev–Trinajstić information content (AvgIpc) is 2.68. The zero-order chi connectivity index (χ0) is 16.2. The van der Waals surface area contributed by atoms with Crippen LogP contribution in [0.25, 0.3) is 0 Å². The lowest BCUT2D eigenvalue weighted by molar-refractivity contribution is -0.144. The van der Waals surface area contributed by atoms with Crippen molar-refractivity contribution in [2.24, 2.45) is 5.92 Å². The first kappa shape index (κ1) is 16.8. The van der Waals surface area contributed by atoms with E-state index in [-0.39, 0.29) is 11.8 Å². The molecule has 2 atom stereocenters. The molecule has 0 unspecified atom stereocenters. The zero-order valence-corrected chi connectivity index (χ0v) is 13.6. The van der Waals surface area contributed by atoms with Crippen LogP contribution in [0.4, 0.5) is 0 Å². The molecule has 0 aliphatic carbocycles. The third-order valence-electron chi connectivity index (χ3n) is 3.58. The second-order valence-electron chi connectivity index (χ2n) is 5.40. The summed E-state index contributed by atoms with van der Waals surface area (Å²) in [5, 5.41) is 0. The monoisotopic (exact) mass is 327 g/mol. The van der Waals surface area contributed by atoms with Crippen molar-refractivity contribution in [2.75, 3.05) is 19.5 Å². The number of hydrogen-bond donors (Lipinski definition) is 1. The summed E-state index contributed by atoms with van der Waals surface area (Å²) in [4.78, 5) is 11.4. The molecule has 1 aromatic rings. The molecule has 0 fully saturated rings. The molecule has 122 valence electrons. The van der Waals surface area contributed by atoms with Crippen LogP contribution >= 0.6 is 0 Å². The Morgan fingerprint density at radius 2 is 2.18 bits per heavy atom. The maximum Gasteiger partial charge on any atom is 0.309 e. The predicted octanol–water partition coefficient (Wildman–Crippen LogP) is 1.63. The van der Waals surface area contributed by atoms with Crippen LogP contribution in [-0.2, 0) is 19.6 Å². The molecular formula is C15H21NO5S. The van der Waals surface area contributed by atoms with Crippen LogP contribution in [0, 0.1) is 5.92 Å². The van der Waals surface area contributed by atoms with Crippen LogP contribution in [0.3, 0.4) is 0 Å². The molecule has 0 bridgehead atoms. The smallest absolute Gasteiger partial charge is 0.309 e. The van der Waals surface area contributed by atoms with Gasteiger partial charge in [-0.1, -0.05) is 25.1 Å². The fourth-order valence-corrected chi connectivity index (χ4v) is 4.08. The third-order valence-corrected chi connectivity index (χ3v) is 5.17. The SMILES string of the molecule is COC(=O)[C@@H](C)CS(=O)(=O)N[C@H]1CCCOc2ccccc21. The van der Waals surface area contributed by atoms with E-state index in [1.165, 1.54) is 14.0 Å². The van der Waals surface area contributed by atoms with Crippen LogP contribution in [0.2, 0.25) is 0 Å². The summed E-state index contributed by atoms with van der Waals surface area (Å²) in [7, 11) is -2.35. The summed E-state index contributed by atoms with van der Waals surface area (Å²) >= 11 is 0. The summed E-state index contributed by atoms with van der Waals surface area (Å²) in [5.74, 6) is -0.831. The number of nitrogens with one attached hydrogen (secondary N) is 1. The summed E-state index contributed by atoms with van der Waals surface area (Å²) in [6.45, 7) is 2.10. The van der Waals surface area contributed by atoms with Gasteiger partial charge in [0.1, 0.15) is 5.75 Å². The van der Waals surface area contributed by atoms with Crippen molar-refractivity contribution < 1.29 is 22.7 Å². The molecule has 1 aromatic carbocycles. The highest BCUT2D eigenvalue weighted by atomic mass is 32.2. The van der Waals surface area contributed by atoms with Crippen LogP contribution in [0.15, 0.2) is 24.3 Å². The van der Waals surface area contributed by atoms with Gasteiger partial charge in [-0.3, -0.25) is 4.79 Å². The lowest BCUT2D eigenvalue weighted by Crippen LogP contribution is -2.34. The Kier molecular flexibility index (Phi) is 5.42. The van der Waals surface area contributed by atoms with E-state index >= 15 is 0 Å². The number of benzene rings is 1. The van der Waals surface area contributed by atoms with Crippen LogP contribution in [-0.4, -0.2) is 33.9 Å². The Balaban J connectivity index is 2.14. The molecular weight excluding hydrogens is 306 g/mol. The van der Waals surface area contributed by atoms with E-state index in [1.807, 2.05) is 24.3 Å². The minimum atomic E-state index is -3.60. The Hall–Kier alpha value is -1.60. The van der Waals surface area contributed by atoms with E-state index in [4.69, 9.17) is 4.74 Å². The molecule has 6 nitrogen and oxygen atoms in total. The molecule has 22 heavy (non-hydrogen) atoms. The number of hydrogen-bond acceptors (Lipinski definition) is 5. The van der Waals surface area contributed by atoms with E-state index in [1.54, 1.807) is 0 Å². The first-order chi connectivity index (χ1) is 10.4. The molecule has 0 saturated heterocycles. The maximum absolute atomic E-state index is 12.3. The fourth-order valence-electron chi connectivity index (χ4n) is 2.51. The van der Waals surface area contributed by atoms with Gasteiger partial charge < -0.3 is 9.47 Å². The number of esters is 1. The maximum atomic E-state index is 12.3. The molecule has 1 aliphatic heterocycles. The van der Waals surface area contributed by atoms with Gasteiger partial charge in [0, 0.05) is 5.56 Å². The average molecular weight is 327 g/mol. The standard InChI is InChI=1S/C15H21NO5S/c1-11(15(17)20-2)10-22(18,19)16-13-7-5-9-21-14-8-4-3-6-12(13)14/h3-4,6,8,11,13,16H,5,7,9-10H2,1-2H3/t11-,13-/m0/s1. The van der Waals surface area contributed by atoms with Gasteiger partial charge in [-0.2, -0.15) is 0 Å². The van der Waals surface area contributed by atoms with E-state index < -0.39 is 21.9 Å². The summed E-state index contributed by atoms with van der Waals surface area (Å²) < 4.78 is 37.5. The summed E-state index contributed by atoms with van der Waals surface area (Å²) in [6, 6.07) is 7.06. The number of methoxy groups -OCH3 is 1. The van der Waals surface area contributed by atoms with Crippen molar-refractivity contribution in [2.45, 2.75) is 25.8 Å². The molecule has 0 amide bonds. The molecule has 2 rings (SSSR count). The minimum absolute atomic E-state index is 0.292. The lowest BCUT2D eigenvalue weighted by atomic mass is 10.0. The van der Waals surface area contributed by atoms with Crippen LogP contribution in [0.5, 0.6) is 5.75 Å². The van der Waals surface area contributed by atoms with Gasteiger partial charge in [0.05, 0.1) is 31.4 Å². The second-order valence-corrected chi connectivity index (χ2v) is 7.20. The predicted molar refractivity (Wildman–Crippen MR) is 82.0 cm³/mol. The van der Waals surface area contributed by atoms with Crippen LogP contribution in [0.1, 0.15) is 31.4 Å². The zero-order valence-electron chi connectivity index (χ0n) is 12.7. The van der Waals surface area contributed by atoms with Gasteiger partial charge in [-0.05, 0) is 18.9 Å². The number of para-hydroxylation sites is 1. The van der Waals surface area contributed by atoms with Gasteiger partial charge in [0.2, 0.25) is 10.0 Å². The summed E-state index contributed by atoms with van der Waals surface area (Å²) in [5.41, 5.74) is 0.828. The van der Waals surface area contributed by atoms with Crippen molar-refractivity contribution in [1.29, 1.82) is 0 Å². The molecule has 0 saturated carbocycles. The van der Waals surface area contributed by atoms with Crippen molar-refractivity contribution >= 4 is 16.0 Å². The van der Waals surface area contributed by atoms with E-state index in [0.717, 1.165) is 12.0 Å². The van der Waals surface area contributed by atoms with E-state index in [2.05, 4.69) is 9.46 Å². The van der Waals surface area contributed by atoms with Gasteiger partial charge >= 0.3 is 5.97 Å². The third kappa shape index (κ3) is 4.20. The largest absolute Gasteiger partial charge is 0.493 e. The Morgan fingerprint density at radius 1 is 1.45 bits per heavy atom. The number of rotatable bonds is 5. The van der Waals surface area contributed by atoms with Crippen molar-refractivity contribution in [3.05, 3.63) is 29.8 Å². The van der Waals surface area contributed by atoms with Crippen LogP contribution < -0.4 is 9.46 Å². The van der Waals surface area contributed by atoms with Gasteiger partial charge in [0.25, 0.3) is 0 Å². The number of ether oxygens (including phenoxy) is 2. The second kappa shape index (κ2) is 7.11. The van der Waals surface area contributed by atoms with Gasteiger partial charge in [0.15, 0.2) is 0 Å². The van der Waals surface area contributed by atoms with Gasteiger partial charge in [-0.25, -0.2) is 13.1 Å². The van der Waals surface area contributed by atoms with Crippen molar-refractivity contribution in [3.63, 3.8) is 0 Å². The highest BCUT2D eigenvalue weighted by molar-refractivity contribution is 7.89. The highest BCUT2D eigenvalue weighted by Crippen LogP contribution is 2.31. The molecule has 0 aromatic heterocycles. The molecule has 1 aliphatic rings. The highest BCUT2D eigenvalue weighted by Gasteiger charge is 2.27. The lowest BCUT2D eigenvalue weighted by Gasteiger charge is -2.19. The van der Waals surface area contributed by atoms with Crippen molar-refractivity contribution in [1.82, 2.24) is 4.72 Å². The first-order valence-electron chi connectivity index (χ1n) is 7.22. The minimum Gasteiger partial charge on any atom is -0.493 e. The molecule has 7 heteroatoms. The van der Waals surface area contributed by atoms with Crippen molar-refractivity contribution in [3.8, 4) is 5.75 Å². The Morgan fingerprint density at radius 3 is 2.91 bits per heavy atom. The molecule has 0 radical (unpaired) electrons. The normalized spacial score (nSPS) is 19.5. The quantitative estimate of drug-likeness (QED) is 0.831. The number of carbonyl (C=O) groups is 1. The molecule has 1 heterocycles. The van der Waals surface area contributed by atoms with E-state index in [0.29, 0.717) is 18.8 Å². The topological polar surface area (TPSA) is 81.7 Å². The summed E-state index contributed by atoms with van der Waals surface area (Å²) in [6.07, 6.45) is 1.41. The van der Waals surface area contributed by atoms with E-state index in [9.17, 15) is 13.2 Å². The number of fused-ring (bicyclic) bond motifs is 1. The number of sulfonamides is 1. The van der Waals surface area contributed by atoms with Gasteiger partial charge in [-0.15, -0.1) is 0 Å². The Labute approximate surface area is 130 Å². The Bertz CT molecular complexity index is 629. The first-order valence-corrected chi connectivity index (χ1v) is 8.87. The molecule has 0 spiro atoms. The fraction of sp³-hybridized carbons (Fsp3) is 0.533. The molecule has 1 N–H and O–H groups in total. The number of carbonyl (C=O) groups excluding carboxylic acids is 1.